The van der Waals surface area contributed by atoms with Gasteiger partial charge in [0.15, 0.2) is 5.82 Å². The molecule has 1 aromatic heterocycles. The maximum Gasteiger partial charge on any atom is 0.324 e. The predicted octanol–water partition coefficient (Wildman–Crippen LogP) is 5.05. The number of urea groups is 1. The molecule has 0 spiro atoms. The maximum absolute atomic E-state index is 12.4. The van der Waals surface area contributed by atoms with E-state index >= 15 is 0 Å². The minimum absolute atomic E-state index is 0.216. The van der Waals surface area contributed by atoms with Crippen LogP contribution >= 0.6 is 11.6 Å². The number of aromatic nitrogens is 2. The van der Waals surface area contributed by atoms with E-state index in [2.05, 4.69) is 20.6 Å². The van der Waals surface area contributed by atoms with Crippen molar-refractivity contribution in [1.82, 2.24) is 9.97 Å². The van der Waals surface area contributed by atoms with Gasteiger partial charge in [0.05, 0.1) is 17.2 Å². The minimum Gasteiger partial charge on any atom is -0.326 e. The van der Waals surface area contributed by atoms with Gasteiger partial charge in [-0.3, -0.25) is 10.3 Å². The number of carbonyl (C=O) groups is 1. The van der Waals surface area contributed by atoms with Gasteiger partial charge in [0.25, 0.3) is 0 Å². The molecule has 7 heteroatoms. The molecule has 0 radical (unpaired) electrons. The Hall–Kier alpha value is -3.48. The average Bonchev–Trinajstić information content (AvgIpc) is 2.74. The molecular weight excluding hydrogens is 386 g/mol. The SMILES string of the molecule is NCc1c(Cl)cccc1NC(=O)Nc1cnc2ccc(-c3ccccc3)cc2n1. The number of nitrogens with one attached hydrogen (secondary N) is 2. The first-order valence-electron chi connectivity index (χ1n) is 9.02. The van der Waals surface area contributed by atoms with Gasteiger partial charge in [0.2, 0.25) is 0 Å². The second kappa shape index (κ2) is 8.26. The average molecular weight is 404 g/mol. The van der Waals surface area contributed by atoms with Crippen molar-refractivity contribution in [2.45, 2.75) is 6.54 Å². The molecule has 0 aliphatic rings. The van der Waals surface area contributed by atoms with Crippen molar-refractivity contribution < 1.29 is 4.79 Å². The Morgan fingerprint density at radius 3 is 2.55 bits per heavy atom. The number of halogens is 1. The van der Waals surface area contributed by atoms with Gasteiger partial charge >= 0.3 is 6.03 Å². The molecular formula is C22H18ClN5O. The summed E-state index contributed by atoms with van der Waals surface area (Å²) in [5, 5.41) is 5.96. The van der Waals surface area contributed by atoms with Crippen molar-refractivity contribution in [1.29, 1.82) is 0 Å². The van der Waals surface area contributed by atoms with Crippen LogP contribution in [0.3, 0.4) is 0 Å². The zero-order valence-electron chi connectivity index (χ0n) is 15.4. The first-order chi connectivity index (χ1) is 14.1. The summed E-state index contributed by atoms with van der Waals surface area (Å²) in [5.74, 6) is 0.344. The molecule has 144 valence electrons. The van der Waals surface area contributed by atoms with Crippen LogP contribution in [0.5, 0.6) is 0 Å². The van der Waals surface area contributed by atoms with E-state index in [0.29, 0.717) is 27.6 Å². The molecule has 3 aromatic carbocycles. The van der Waals surface area contributed by atoms with E-state index in [1.165, 1.54) is 6.20 Å². The molecule has 4 rings (SSSR count). The van der Waals surface area contributed by atoms with E-state index < -0.39 is 6.03 Å². The van der Waals surface area contributed by atoms with Gasteiger partial charge < -0.3 is 11.1 Å². The van der Waals surface area contributed by atoms with Crippen molar-refractivity contribution in [2.75, 3.05) is 10.6 Å². The fraction of sp³-hybridized carbons (Fsp3) is 0.0455. The number of benzene rings is 3. The summed E-state index contributed by atoms with van der Waals surface area (Å²) in [6, 6.07) is 20.6. The second-order valence-corrected chi connectivity index (χ2v) is 6.78. The molecule has 0 bridgehead atoms. The van der Waals surface area contributed by atoms with E-state index in [9.17, 15) is 4.79 Å². The van der Waals surface area contributed by atoms with Crippen LogP contribution in [0, 0.1) is 0 Å². The number of nitrogens with two attached hydrogens (primary N) is 1. The highest BCUT2D eigenvalue weighted by molar-refractivity contribution is 6.31. The molecule has 0 atom stereocenters. The van der Waals surface area contributed by atoms with Crippen molar-refractivity contribution in [3.05, 3.63) is 83.5 Å². The number of rotatable bonds is 4. The topological polar surface area (TPSA) is 92.9 Å². The largest absolute Gasteiger partial charge is 0.326 e. The number of hydrogen-bond donors (Lipinski definition) is 3. The summed E-state index contributed by atoms with van der Waals surface area (Å²) in [5.41, 5.74) is 10.5. The minimum atomic E-state index is -0.449. The van der Waals surface area contributed by atoms with Gasteiger partial charge in [-0.15, -0.1) is 0 Å². The van der Waals surface area contributed by atoms with E-state index in [1.54, 1.807) is 18.2 Å². The zero-order chi connectivity index (χ0) is 20.2. The second-order valence-electron chi connectivity index (χ2n) is 6.37. The Morgan fingerprint density at radius 2 is 1.76 bits per heavy atom. The quantitative estimate of drug-likeness (QED) is 0.444. The van der Waals surface area contributed by atoms with Gasteiger partial charge in [0, 0.05) is 22.8 Å². The van der Waals surface area contributed by atoms with Crippen LogP contribution < -0.4 is 16.4 Å². The molecule has 4 N–H and O–H groups in total. The van der Waals surface area contributed by atoms with Crippen LogP contribution in [0.4, 0.5) is 16.3 Å². The van der Waals surface area contributed by atoms with E-state index in [0.717, 1.165) is 16.6 Å². The standard InChI is InChI=1S/C22H18ClN5O/c23-17-7-4-8-18(16(17)12-24)27-22(29)28-21-13-25-19-10-9-15(11-20(19)26-21)14-5-2-1-3-6-14/h1-11,13H,12,24H2,(H2,26,27,28,29). The van der Waals surface area contributed by atoms with Crippen molar-refractivity contribution in [2.24, 2.45) is 5.73 Å². The Labute approximate surface area is 172 Å². The fourth-order valence-corrected chi connectivity index (χ4v) is 3.29. The lowest BCUT2D eigenvalue weighted by Gasteiger charge is -2.12. The Bertz CT molecular complexity index is 1180. The van der Waals surface area contributed by atoms with E-state index in [1.807, 2.05) is 48.5 Å². The molecule has 6 nitrogen and oxygen atoms in total. The lowest BCUT2D eigenvalue weighted by atomic mass is 10.1. The molecule has 0 fully saturated rings. The molecule has 0 unspecified atom stereocenters. The number of hydrogen-bond acceptors (Lipinski definition) is 4. The third-order valence-corrected chi connectivity index (χ3v) is 4.82. The first-order valence-corrected chi connectivity index (χ1v) is 9.39. The number of fused-ring (bicyclic) bond motifs is 1. The molecule has 4 aromatic rings. The third kappa shape index (κ3) is 4.18. The highest BCUT2D eigenvalue weighted by Gasteiger charge is 2.10. The normalized spacial score (nSPS) is 10.7. The van der Waals surface area contributed by atoms with Gasteiger partial charge in [-0.1, -0.05) is 54.1 Å². The molecule has 0 saturated heterocycles. The fourth-order valence-electron chi connectivity index (χ4n) is 3.03. The van der Waals surface area contributed by atoms with Crippen molar-refractivity contribution >= 4 is 40.2 Å². The number of carbonyl (C=O) groups excluding carboxylic acids is 1. The van der Waals surface area contributed by atoms with Gasteiger partial charge in [-0.05, 0) is 35.4 Å². The number of amides is 2. The smallest absolute Gasteiger partial charge is 0.324 e. The summed E-state index contributed by atoms with van der Waals surface area (Å²) < 4.78 is 0. The summed E-state index contributed by atoms with van der Waals surface area (Å²) in [4.78, 5) is 21.3. The monoisotopic (exact) mass is 403 g/mol. The van der Waals surface area contributed by atoms with Crippen LogP contribution in [0.2, 0.25) is 5.02 Å². The highest BCUT2D eigenvalue weighted by atomic mass is 35.5. The summed E-state index contributed by atoms with van der Waals surface area (Å²) in [7, 11) is 0. The molecule has 1 heterocycles. The lowest BCUT2D eigenvalue weighted by molar-refractivity contribution is 0.262. The first kappa shape index (κ1) is 18.9. The maximum atomic E-state index is 12.4. The molecule has 0 saturated carbocycles. The zero-order valence-corrected chi connectivity index (χ0v) is 16.1. The van der Waals surface area contributed by atoms with E-state index in [-0.39, 0.29) is 6.54 Å². The molecule has 0 aliphatic heterocycles. The van der Waals surface area contributed by atoms with Crippen molar-refractivity contribution in [3.63, 3.8) is 0 Å². The Morgan fingerprint density at radius 1 is 0.931 bits per heavy atom. The molecule has 0 aliphatic carbocycles. The lowest BCUT2D eigenvalue weighted by Crippen LogP contribution is -2.21. The summed E-state index contributed by atoms with van der Waals surface area (Å²) >= 11 is 6.13. The van der Waals surface area contributed by atoms with Crippen LogP contribution in [0.25, 0.3) is 22.2 Å². The van der Waals surface area contributed by atoms with Crippen LogP contribution in [0.15, 0.2) is 72.9 Å². The van der Waals surface area contributed by atoms with Crippen LogP contribution in [-0.2, 0) is 6.54 Å². The van der Waals surface area contributed by atoms with Crippen LogP contribution in [-0.4, -0.2) is 16.0 Å². The Balaban J connectivity index is 1.56. The van der Waals surface area contributed by atoms with Gasteiger partial charge in [-0.25, -0.2) is 9.78 Å². The number of nitrogens with zero attached hydrogens (tertiary/aromatic N) is 2. The molecule has 29 heavy (non-hydrogen) atoms. The Kier molecular flexibility index (Phi) is 5.37. The molecule has 2 amide bonds. The van der Waals surface area contributed by atoms with Gasteiger partial charge in [0.1, 0.15) is 0 Å². The van der Waals surface area contributed by atoms with E-state index in [4.69, 9.17) is 17.3 Å². The summed E-state index contributed by atoms with van der Waals surface area (Å²) in [6.45, 7) is 0.216. The third-order valence-electron chi connectivity index (χ3n) is 4.46. The number of anilines is 2. The predicted molar refractivity (Wildman–Crippen MR) is 117 cm³/mol. The van der Waals surface area contributed by atoms with Crippen LogP contribution in [0.1, 0.15) is 5.56 Å². The van der Waals surface area contributed by atoms with Crippen molar-refractivity contribution in [3.8, 4) is 11.1 Å². The summed E-state index contributed by atoms with van der Waals surface area (Å²) in [6.07, 6.45) is 1.52. The highest BCUT2D eigenvalue weighted by Crippen LogP contribution is 2.25. The van der Waals surface area contributed by atoms with Gasteiger partial charge in [-0.2, -0.15) is 0 Å².